The largest absolute Gasteiger partial charge is 0.354 e. The molecule has 0 bridgehead atoms. The summed E-state index contributed by atoms with van der Waals surface area (Å²) in [6, 6.07) is 2.16. The number of halogens is 3. The van der Waals surface area contributed by atoms with Crippen molar-refractivity contribution in [2.45, 2.75) is 0 Å². The minimum absolute atomic E-state index is 0.191. The minimum Gasteiger partial charge on any atom is -0.354 e. The quantitative estimate of drug-likeness (QED) is 0.771. The van der Waals surface area contributed by atoms with Gasteiger partial charge in [-0.15, -0.1) is 0 Å². The lowest BCUT2D eigenvalue weighted by Crippen LogP contribution is -2.26. The fourth-order valence-electron chi connectivity index (χ4n) is 1.23. The Morgan fingerprint density at radius 1 is 1.33 bits per heavy atom. The molecule has 1 aliphatic rings. The highest BCUT2D eigenvalue weighted by atomic mass is 79.9. The fourth-order valence-corrected chi connectivity index (χ4v) is 1.57. The van der Waals surface area contributed by atoms with E-state index in [0.29, 0.717) is 12.5 Å². The van der Waals surface area contributed by atoms with Crippen molar-refractivity contribution >= 4 is 27.6 Å². The molecular formula is C9H8BrF2N3. The molecule has 0 aliphatic carbocycles. The molecule has 2 rings (SSSR count). The Kier molecular flexibility index (Phi) is 2.86. The second kappa shape index (κ2) is 4.14. The number of nitrogens with zero attached hydrogens (tertiary/aromatic N) is 1. The maximum Gasteiger partial charge on any atom is 0.196 e. The molecule has 1 aliphatic heterocycles. The summed E-state index contributed by atoms with van der Waals surface area (Å²) in [5.74, 6) is -0.765. The first-order valence-corrected chi connectivity index (χ1v) is 5.16. The Balaban J connectivity index is 2.24. The fraction of sp³-hybridized carbons (Fsp3) is 0.222. The highest BCUT2D eigenvalue weighted by Crippen LogP contribution is 2.23. The lowest BCUT2D eigenvalue weighted by molar-refractivity contribution is 0.581. The van der Waals surface area contributed by atoms with E-state index in [-0.39, 0.29) is 10.2 Å². The number of hydrogen-bond acceptors (Lipinski definition) is 3. The summed E-state index contributed by atoms with van der Waals surface area (Å²) >= 11 is 2.99. The van der Waals surface area contributed by atoms with Crippen molar-refractivity contribution in [2.24, 2.45) is 4.99 Å². The van der Waals surface area contributed by atoms with Gasteiger partial charge in [0.15, 0.2) is 5.96 Å². The molecule has 6 heteroatoms. The van der Waals surface area contributed by atoms with Gasteiger partial charge in [-0.1, -0.05) is 0 Å². The van der Waals surface area contributed by atoms with E-state index < -0.39 is 11.6 Å². The average molecular weight is 276 g/mol. The van der Waals surface area contributed by atoms with Gasteiger partial charge in [0.1, 0.15) is 11.6 Å². The number of rotatable bonds is 1. The normalized spacial score (nSPS) is 14.7. The number of guanidine groups is 1. The summed E-state index contributed by atoms with van der Waals surface area (Å²) in [6.07, 6.45) is 0. The van der Waals surface area contributed by atoms with Gasteiger partial charge in [-0.3, -0.25) is 4.99 Å². The zero-order chi connectivity index (χ0) is 10.8. The molecule has 0 radical (unpaired) electrons. The van der Waals surface area contributed by atoms with Crippen LogP contribution in [0.1, 0.15) is 0 Å². The first kappa shape index (κ1) is 10.4. The third kappa shape index (κ3) is 2.26. The second-order valence-electron chi connectivity index (χ2n) is 3.03. The summed E-state index contributed by atoms with van der Waals surface area (Å²) in [4.78, 5) is 4.04. The van der Waals surface area contributed by atoms with Crippen molar-refractivity contribution < 1.29 is 8.78 Å². The molecule has 0 atom stereocenters. The van der Waals surface area contributed by atoms with Crippen LogP contribution in [0.15, 0.2) is 21.6 Å². The molecule has 0 unspecified atom stereocenters. The van der Waals surface area contributed by atoms with Gasteiger partial charge in [-0.05, 0) is 22.0 Å². The summed E-state index contributed by atoms with van der Waals surface area (Å²) < 4.78 is 26.4. The Morgan fingerprint density at radius 2 is 2.13 bits per heavy atom. The maximum atomic E-state index is 13.3. The van der Waals surface area contributed by atoms with Crippen molar-refractivity contribution in [1.82, 2.24) is 5.32 Å². The van der Waals surface area contributed by atoms with Crippen LogP contribution in [0, 0.1) is 11.6 Å². The first-order chi connectivity index (χ1) is 7.16. The number of aliphatic imine (C=N–C) groups is 1. The summed E-state index contributed by atoms with van der Waals surface area (Å²) in [7, 11) is 0. The smallest absolute Gasteiger partial charge is 0.196 e. The van der Waals surface area contributed by atoms with Gasteiger partial charge in [-0.2, -0.15) is 0 Å². The van der Waals surface area contributed by atoms with Crippen LogP contribution >= 0.6 is 15.9 Å². The lowest BCUT2D eigenvalue weighted by Gasteiger charge is -2.08. The average Bonchev–Trinajstić information content (AvgIpc) is 2.67. The van der Waals surface area contributed by atoms with E-state index in [4.69, 9.17) is 0 Å². The Bertz CT molecular complexity index is 420. The first-order valence-electron chi connectivity index (χ1n) is 4.37. The van der Waals surface area contributed by atoms with Gasteiger partial charge < -0.3 is 10.6 Å². The lowest BCUT2D eigenvalue weighted by atomic mass is 10.3. The van der Waals surface area contributed by atoms with Crippen molar-refractivity contribution in [1.29, 1.82) is 0 Å². The van der Waals surface area contributed by atoms with Crippen LogP contribution in [0.5, 0.6) is 0 Å². The number of hydrogen-bond donors (Lipinski definition) is 2. The van der Waals surface area contributed by atoms with Crippen molar-refractivity contribution in [3.05, 3.63) is 28.2 Å². The standard InChI is InChI=1S/C9H8BrF2N3/c10-5-3-8(7(12)4-6(5)11)15-9-13-1-2-14-9/h3-4H,1-2H2,(H2,13,14,15). The van der Waals surface area contributed by atoms with E-state index in [9.17, 15) is 8.78 Å². The van der Waals surface area contributed by atoms with E-state index in [2.05, 4.69) is 31.6 Å². The molecule has 0 spiro atoms. The molecule has 0 aromatic heterocycles. The molecule has 0 fully saturated rings. The van der Waals surface area contributed by atoms with E-state index in [1.165, 1.54) is 6.07 Å². The van der Waals surface area contributed by atoms with Crippen LogP contribution < -0.4 is 10.6 Å². The Morgan fingerprint density at radius 3 is 2.80 bits per heavy atom. The molecule has 1 aromatic carbocycles. The summed E-state index contributed by atoms with van der Waals surface area (Å²) in [5, 5.41) is 5.67. The Labute approximate surface area is 93.7 Å². The number of anilines is 1. The van der Waals surface area contributed by atoms with E-state index in [1.54, 1.807) is 0 Å². The highest BCUT2D eigenvalue weighted by molar-refractivity contribution is 9.10. The van der Waals surface area contributed by atoms with Gasteiger partial charge in [0.2, 0.25) is 0 Å². The molecule has 15 heavy (non-hydrogen) atoms. The van der Waals surface area contributed by atoms with E-state index in [0.717, 1.165) is 12.6 Å². The van der Waals surface area contributed by atoms with Crippen LogP contribution in [-0.4, -0.2) is 19.0 Å². The van der Waals surface area contributed by atoms with Crippen LogP contribution in [0.4, 0.5) is 14.5 Å². The molecule has 0 saturated carbocycles. The number of benzene rings is 1. The molecular weight excluding hydrogens is 268 g/mol. The third-order valence-electron chi connectivity index (χ3n) is 1.94. The van der Waals surface area contributed by atoms with Crippen LogP contribution in [0.2, 0.25) is 0 Å². The second-order valence-corrected chi connectivity index (χ2v) is 3.88. The zero-order valence-corrected chi connectivity index (χ0v) is 9.24. The maximum absolute atomic E-state index is 13.3. The Hall–Kier alpha value is -1.17. The predicted octanol–water partition coefficient (Wildman–Crippen LogP) is 2.10. The topological polar surface area (TPSA) is 36.4 Å². The van der Waals surface area contributed by atoms with E-state index in [1.807, 2.05) is 0 Å². The van der Waals surface area contributed by atoms with Gasteiger partial charge in [0, 0.05) is 12.6 Å². The SMILES string of the molecule is Fc1cc(F)c(NC2=NCCN2)cc1Br. The molecule has 0 saturated heterocycles. The number of nitrogens with one attached hydrogen (secondary N) is 2. The summed E-state index contributed by atoms with van der Waals surface area (Å²) in [5.41, 5.74) is 0.191. The van der Waals surface area contributed by atoms with Gasteiger partial charge in [-0.25, -0.2) is 8.78 Å². The monoisotopic (exact) mass is 275 g/mol. The van der Waals surface area contributed by atoms with Gasteiger partial charge >= 0.3 is 0 Å². The molecule has 2 N–H and O–H groups in total. The van der Waals surface area contributed by atoms with Gasteiger partial charge in [0.25, 0.3) is 0 Å². The van der Waals surface area contributed by atoms with Crippen molar-refractivity contribution in [3.8, 4) is 0 Å². The van der Waals surface area contributed by atoms with Crippen molar-refractivity contribution in [3.63, 3.8) is 0 Å². The van der Waals surface area contributed by atoms with Crippen LogP contribution in [0.25, 0.3) is 0 Å². The third-order valence-corrected chi connectivity index (χ3v) is 2.54. The predicted molar refractivity (Wildman–Crippen MR) is 58.0 cm³/mol. The van der Waals surface area contributed by atoms with E-state index >= 15 is 0 Å². The highest BCUT2D eigenvalue weighted by Gasteiger charge is 2.11. The summed E-state index contributed by atoms with van der Waals surface area (Å²) in [6.45, 7) is 1.39. The molecule has 1 heterocycles. The molecule has 1 aromatic rings. The van der Waals surface area contributed by atoms with Gasteiger partial charge in [0.05, 0.1) is 16.7 Å². The minimum atomic E-state index is -0.646. The van der Waals surface area contributed by atoms with Crippen LogP contribution in [-0.2, 0) is 0 Å². The molecule has 3 nitrogen and oxygen atoms in total. The van der Waals surface area contributed by atoms with Crippen LogP contribution in [0.3, 0.4) is 0 Å². The zero-order valence-electron chi connectivity index (χ0n) is 7.65. The molecule has 0 amide bonds. The van der Waals surface area contributed by atoms with Crippen molar-refractivity contribution in [2.75, 3.05) is 18.4 Å². The molecule has 80 valence electrons.